The lowest BCUT2D eigenvalue weighted by molar-refractivity contribution is -0.870. The average molecular weight is 1130 g/mol. The summed E-state index contributed by atoms with van der Waals surface area (Å²) in [6.45, 7) is 4.89. The van der Waals surface area contributed by atoms with Crippen molar-refractivity contribution in [3.8, 4) is 0 Å². The van der Waals surface area contributed by atoms with Gasteiger partial charge in [-0.15, -0.1) is 0 Å². The fraction of sp³-hybridized carbons (Fsp3) is 0.873. The van der Waals surface area contributed by atoms with Crippen LogP contribution in [0.2, 0.25) is 0 Å². The van der Waals surface area contributed by atoms with Gasteiger partial charge in [-0.25, -0.2) is 4.79 Å². The second kappa shape index (κ2) is 62.6. The first-order valence-electron chi connectivity index (χ1n) is 34.7. The maximum Gasteiger partial charge on any atom is 0.361 e. The first kappa shape index (κ1) is 77.5. The smallest absolute Gasteiger partial charge is 0.361 e. The zero-order valence-corrected chi connectivity index (χ0v) is 53.8. The second-order valence-corrected chi connectivity index (χ2v) is 24.8. The summed E-state index contributed by atoms with van der Waals surface area (Å²) in [5, 5.41) is 9.71. The van der Waals surface area contributed by atoms with Crippen LogP contribution < -0.4 is 0 Å². The highest BCUT2D eigenvalue weighted by atomic mass is 16.7. The van der Waals surface area contributed by atoms with E-state index in [1.807, 2.05) is 21.1 Å². The Kier molecular flexibility index (Phi) is 60.6. The fourth-order valence-electron chi connectivity index (χ4n) is 10.3. The predicted molar refractivity (Wildman–Crippen MR) is 341 cm³/mol. The van der Waals surface area contributed by atoms with Gasteiger partial charge in [0, 0.05) is 12.8 Å². The molecule has 0 saturated heterocycles. The lowest BCUT2D eigenvalue weighted by atomic mass is 10.0. The Morgan fingerprint density at radius 1 is 0.375 bits per heavy atom. The Hall–Kier alpha value is -2.49. The minimum absolute atomic E-state index is 0.184. The molecule has 0 rings (SSSR count). The van der Waals surface area contributed by atoms with Crippen LogP contribution in [0.1, 0.15) is 341 Å². The largest absolute Gasteiger partial charge is 0.477 e. The molecule has 0 spiro atoms. The molecule has 0 aliphatic rings. The van der Waals surface area contributed by atoms with Gasteiger partial charge in [0.25, 0.3) is 6.29 Å². The third-order valence-electron chi connectivity index (χ3n) is 15.6. The summed E-state index contributed by atoms with van der Waals surface area (Å²) in [7, 11) is 5.97. The maximum atomic E-state index is 12.9. The molecule has 0 aromatic rings. The van der Waals surface area contributed by atoms with Crippen LogP contribution in [-0.2, 0) is 33.3 Å². The number of carbonyl (C=O) groups is 3. The van der Waals surface area contributed by atoms with E-state index in [0.29, 0.717) is 23.9 Å². The van der Waals surface area contributed by atoms with E-state index in [1.165, 1.54) is 250 Å². The molecule has 0 saturated carbocycles. The third-order valence-corrected chi connectivity index (χ3v) is 15.6. The van der Waals surface area contributed by atoms with Gasteiger partial charge in [0.2, 0.25) is 0 Å². The van der Waals surface area contributed by atoms with E-state index in [2.05, 4.69) is 50.3 Å². The number of esters is 2. The summed E-state index contributed by atoms with van der Waals surface area (Å²) in [6.07, 6.45) is 75.7. The lowest BCUT2D eigenvalue weighted by Crippen LogP contribution is -2.40. The fourth-order valence-corrected chi connectivity index (χ4v) is 10.3. The van der Waals surface area contributed by atoms with E-state index in [1.54, 1.807) is 0 Å². The summed E-state index contributed by atoms with van der Waals surface area (Å²) in [4.78, 5) is 37.5. The number of carbonyl (C=O) groups excluding carboxylic acids is 2. The van der Waals surface area contributed by atoms with Crippen LogP contribution >= 0.6 is 0 Å². The summed E-state index contributed by atoms with van der Waals surface area (Å²) in [5.41, 5.74) is 0. The van der Waals surface area contributed by atoms with Gasteiger partial charge in [0.1, 0.15) is 13.2 Å². The van der Waals surface area contributed by atoms with E-state index in [0.717, 1.165) is 57.8 Å². The molecule has 470 valence electrons. The minimum atomic E-state index is -1.51. The molecule has 9 nitrogen and oxygen atoms in total. The zero-order valence-electron chi connectivity index (χ0n) is 53.8. The molecule has 2 unspecified atom stereocenters. The van der Waals surface area contributed by atoms with Crippen LogP contribution in [0.15, 0.2) is 36.5 Å². The van der Waals surface area contributed by atoms with Crippen LogP contribution in [0.5, 0.6) is 0 Å². The molecule has 0 aliphatic carbocycles. The molecule has 0 amide bonds. The SMILES string of the molecule is CCCCCC/C=C\C/C=C\CCCCCCCC(=O)OC(COC(=O)CCCCCCCCCCCCCCCCCCCCCCCCCCCCC/C=C\CCCCCCCCCC)COC(OCC[N+](C)(C)C)C(=O)O. The first-order chi connectivity index (χ1) is 39.1. The average Bonchev–Trinajstić information content (AvgIpc) is 3.43. The Morgan fingerprint density at radius 3 is 1.01 bits per heavy atom. The molecule has 9 heteroatoms. The Balaban J connectivity index is 3.92. The predicted octanol–water partition coefficient (Wildman–Crippen LogP) is 21.2. The highest BCUT2D eigenvalue weighted by Crippen LogP contribution is 2.18. The second-order valence-electron chi connectivity index (χ2n) is 24.8. The topological polar surface area (TPSA) is 108 Å². The molecule has 2 atom stereocenters. The van der Waals surface area contributed by atoms with Crippen molar-refractivity contribution in [2.24, 2.45) is 0 Å². The number of carboxylic acids is 1. The molecule has 0 bridgehead atoms. The minimum Gasteiger partial charge on any atom is -0.477 e. The molecule has 0 heterocycles. The standard InChI is InChI=1S/C71H133NO8/c1-6-8-10-12-14-16-18-20-22-24-25-26-27-28-29-30-31-32-33-34-35-36-37-38-39-40-41-42-43-44-45-46-48-49-51-53-55-57-59-61-68(73)78-65-67(66-79-71(70(75)76)77-64-63-72(3,4)5)80-69(74)62-60-58-56-54-52-50-47-23-21-19-17-15-13-11-9-7-2/h17,19,23-25,47,67,71H,6-16,18,20-22,26-46,48-66H2,1-5H3/p+1/b19-17-,25-24-,47-23-. The molecule has 0 aliphatic heterocycles. The number of aliphatic carboxylic acids is 1. The van der Waals surface area contributed by atoms with E-state index in [-0.39, 0.29) is 32.2 Å². The quantitative estimate of drug-likeness (QED) is 0.0211. The van der Waals surface area contributed by atoms with Crippen molar-refractivity contribution < 1.29 is 42.9 Å². The monoisotopic (exact) mass is 1130 g/mol. The van der Waals surface area contributed by atoms with Gasteiger partial charge in [0.05, 0.1) is 34.4 Å². The van der Waals surface area contributed by atoms with Crippen LogP contribution in [0.4, 0.5) is 0 Å². The van der Waals surface area contributed by atoms with Crippen molar-refractivity contribution in [3.05, 3.63) is 36.5 Å². The summed E-state index contributed by atoms with van der Waals surface area (Å²) < 4.78 is 22.9. The van der Waals surface area contributed by atoms with E-state index >= 15 is 0 Å². The van der Waals surface area contributed by atoms with Crippen LogP contribution in [0, 0.1) is 0 Å². The van der Waals surface area contributed by atoms with Gasteiger partial charge in [0.15, 0.2) is 6.10 Å². The number of rotatable bonds is 65. The number of hydrogen-bond acceptors (Lipinski definition) is 7. The highest BCUT2D eigenvalue weighted by molar-refractivity contribution is 5.71. The van der Waals surface area contributed by atoms with Gasteiger partial charge in [-0.1, -0.05) is 294 Å². The van der Waals surface area contributed by atoms with Crippen molar-refractivity contribution in [3.63, 3.8) is 0 Å². The van der Waals surface area contributed by atoms with Crippen molar-refractivity contribution in [2.75, 3.05) is 47.5 Å². The first-order valence-corrected chi connectivity index (χ1v) is 34.7. The summed E-state index contributed by atoms with van der Waals surface area (Å²) in [6, 6.07) is 0. The molecule has 1 N–H and O–H groups in total. The maximum absolute atomic E-state index is 12.9. The third kappa shape index (κ3) is 63.1. The van der Waals surface area contributed by atoms with Crippen molar-refractivity contribution in [1.82, 2.24) is 0 Å². The number of likely N-dealkylation sites (N-methyl/N-ethyl adjacent to an activating group) is 1. The van der Waals surface area contributed by atoms with E-state index in [4.69, 9.17) is 18.9 Å². The zero-order chi connectivity index (χ0) is 58.3. The molecule has 0 aromatic carbocycles. The molecule has 80 heavy (non-hydrogen) atoms. The van der Waals surface area contributed by atoms with Crippen LogP contribution in [-0.4, -0.2) is 87.4 Å². The summed E-state index contributed by atoms with van der Waals surface area (Å²) in [5.74, 6) is -2.00. The molecular formula is C71H134NO8+. The summed E-state index contributed by atoms with van der Waals surface area (Å²) >= 11 is 0. The lowest BCUT2D eigenvalue weighted by Gasteiger charge is -2.25. The Labute approximate surface area is 496 Å². The van der Waals surface area contributed by atoms with Crippen LogP contribution in [0.25, 0.3) is 0 Å². The molecule has 0 radical (unpaired) electrons. The number of quaternary nitrogens is 1. The van der Waals surface area contributed by atoms with Crippen LogP contribution in [0.3, 0.4) is 0 Å². The number of ether oxygens (including phenoxy) is 4. The van der Waals surface area contributed by atoms with Gasteiger partial charge < -0.3 is 28.5 Å². The van der Waals surface area contributed by atoms with Gasteiger partial charge in [-0.05, 0) is 70.6 Å². The molecule has 0 fully saturated rings. The number of nitrogens with zero attached hydrogens (tertiary/aromatic N) is 1. The number of hydrogen-bond donors (Lipinski definition) is 1. The normalized spacial score (nSPS) is 12.9. The van der Waals surface area contributed by atoms with Crippen molar-refractivity contribution in [2.45, 2.75) is 354 Å². The number of allylic oxidation sites excluding steroid dienone is 6. The number of unbranched alkanes of at least 4 members (excludes halogenated alkanes) is 44. The van der Waals surface area contributed by atoms with Gasteiger partial charge in [-0.3, -0.25) is 9.59 Å². The van der Waals surface area contributed by atoms with Crippen molar-refractivity contribution in [1.29, 1.82) is 0 Å². The van der Waals surface area contributed by atoms with Crippen molar-refractivity contribution >= 4 is 17.9 Å². The van der Waals surface area contributed by atoms with Gasteiger partial charge in [-0.2, -0.15) is 0 Å². The molecular weight excluding hydrogens is 995 g/mol. The molecule has 0 aromatic heterocycles. The Bertz CT molecular complexity index is 1410. The van der Waals surface area contributed by atoms with Gasteiger partial charge >= 0.3 is 17.9 Å². The van der Waals surface area contributed by atoms with E-state index < -0.39 is 24.3 Å². The highest BCUT2D eigenvalue weighted by Gasteiger charge is 2.25. The Morgan fingerprint density at radius 2 is 0.675 bits per heavy atom. The van der Waals surface area contributed by atoms with E-state index in [9.17, 15) is 19.5 Å². The number of carboxylic acid groups (broad SMARTS) is 1.